The lowest BCUT2D eigenvalue weighted by atomic mass is 10.8. The third kappa shape index (κ3) is 1.17. The van der Waals surface area contributed by atoms with Crippen molar-refractivity contribution in [2.45, 2.75) is 4.52 Å². The predicted octanol–water partition coefficient (Wildman–Crippen LogP) is 1.28. The Morgan fingerprint density at radius 3 is 2.38 bits per heavy atom. The molecule has 1 saturated heterocycles. The van der Waals surface area contributed by atoms with Gasteiger partial charge in [-0.3, -0.25) is 0 Å². The molecule has 1 aliphatic rings. The van der Waals surface area contributed by atoms with Crippen molar-refractivity contribution in [3.05, 3.63) is 0 Å². The van der Waals surface area contributed by atoms with Crippen molar-refractivity contribution in [3.8, 4) is 0 Å². The first-order valence-electron chi connectivity index (χ1n) is 1.84. The van der Waals surface area contributed by atoms with Gasteiger partial charge in [0.2, 0.25) is 0 Å². The van der Waals surface area contributed by atoms with Crippen LogP contribution in [0.4, 0.5) is 4.79 Å². The molecule has 1 fully saturated rings. The Hall–Kier alpha value is -0.150. The van der Waals surface area contributed by atoms with E-state index in [1.807, 2.05) is 0 Å². The van der Waals surface area contributed by atoms with Crippen LogP contribution in [-0.4, -0.2) is 17.3 Å². The van der Waals surface area contributed by atoms with Crippen LogP contribution in [0.3, 0.4) is 0 Å². The predicted molar refractivity (Wildman–Crippen MR) is 26.9 cm³/mol. The summed E-state index contributed by atoms with van der Waals surface area (Å²) >= 11 is 10.5. The van der Waals surface area contributed by atoms with Crippen LogP contribution in [0.1, 0.15) is 0 Å². The molecule has 0 aromatic rings. The summed E-state index contributed by atoms with van der Waals surface area (Å²) in [5, 5.41) is 0. The van der Waals surface area contributed by atoms with Crippen molar-refractivity contribution in [2.75, 3.05) is 6.61 Å². The Balaban J connectivity index is 2.56. The van der Waals surface area contributed by atoms with Crippen LogP contribution in [0.2, 0.25) is 0 Å². The highest BCUT2D eigenvalue weighted by molar-refractivity contribution is 6.48. The zero-order chi connectivity index (χ0) is 6.20. The topological polar surface area (TPSA) is 35.5 Å². The fraction of sp³-hybridized carbons (Fsp3) is 0.667. The van der Waals surface area contributed by atoms with Crippen LogP contribution >= 0.6 is 23.2 Å². The molecule has 0 atom stereocenters. The van der Waals surface area contributed by atoms with Gasteiger partial charge in [0, 0.05) is 0 Å². The molecule has 1 rings (SSSR count). The standard InChI is InChI=1S/C3H2Cl2O3/c4-3(5)1-7-2(6)8-3/h1H2. The van der Waals surface area contributed by atoms with Crippen LogP contribution < -0.4 is 0 Å². The van der Waals surface area contributed by atoms with Gasteiger partial charge < -0.3 is 9.47 Å². The lowest BCUT2D eigenvalue weighted by Crippen LogP contribution is -2.13. The zero-order valence-corrected chi connectivity index (χ0v) is 5.20. The summed E-state index contributed by atoms with van der Waals surface area (Å²) in [6.07, 6.45) is -0.824. The second kappa shape index (κ2) is 1.67. The molecular weight excluding hydrogens is 155 g/mol. The summed E-state index contributed by atoms with van der Waals surface area (Å²) in [6, 6.07) is 0. The summed E-state index contributed by atoms with van der Waals surface area (Å²) in [5.74, 6) is 0. The van der Waals surface area contributed by atoms with E-state index in [0.717, 1.165) is 0 Å². The molecule has 0 amide bonds. The quantitative estimate of drug-likeness (QED) is 0.392. The molecule has 0 saturated carbocycles. The van der Waals surface area contributed by atoms with E-state index in [-0.39, 0.29) is 6.61 Å². The molecule has 5 heteroatoms. The van der Waals surface area contributed by atoms with Crippen molar-refractivity contribution in [3.63, 3.8) is 0 Å². The number of rotatable bonds is 0. The van der Waals surface area contributed by atoms with E-state index in [0.29, 0.717) is 0 Å². The maximum absolute atomic E-state index is 10.0. The first kappa shape index (κ1) is 5.98. The second-order valence-electron chi connectivity index (χ2n) is 1.28. The molecule has 3 nitrogen and oxygen atoms in total. The largest absolute Gasteiger partial charge is 0.511 e. The van der Waals surface area contributed by atoms with E-state index in [1.54, 1.807) is 0 Å². The Labute approximate surface area is 55.5 Å². The lowest BCUT2D eigenvalue weighted by Gasteiger charge is -2.02. The molecular formula is C3H2Cl2O3. The summed E-state index contributed by atoms with van der Waals surface area (Å²) < 4.78 is 7.00. The van der Waals surface area contributed by atoms with Crippen molar-refractivity contribution in [2.24, 2.45) is 0 Å². The number of hydrogen-bond donors (Lipinski definition) is 0. The second-order valence-corrected chi connectivity index (χ2v) is 2.69. The van der Waals surface area contributed by atoms with Crippen LogP contribution in [-0.2, 0) is 9.47 Å². The van der Waals surface area contributed by atoms with E-state index in [1.165, 1.54) is 0 Å². The molecule has 0 spiro atoms. The molecule has 1 aliphatic heterocycles. The van der Waals surface area contributed by atoms with Gasteiger partial charge in [-0.05, 0) is 0 Å². The normalized spacial score (nSPS) is 24.5. The number of ether oxygens (including phenoxy) is 2. The number of carbonyl (C=O) groups is 1. The number of alkyl halides is 2. The SMILES string of the molecule is O=C1OCC(Cl)(Cl)O1. The van der Waals surface area contributed by atoms with E-state index >= 15 is 0 Å². The highest BCUT2D eigenvalue weighted by Crippen LogP contribution is 2.28. The zero-order valence-electron chi connectivity index (χ0n) is 3.69. The van der Waals surface area contributed by atoms with Gasteiger partial charge in [-0.1, -0.05) is 23.2 Å². The molecule has 46 valence electrons. The average Bonchev–Trinajstić information content (AvgIpc) is 1.82. The molecule has 0 radical (unpaired) electrons. The summed E-state index contributed by atoms with van der Waals surface area (Å²) in [7, 11) is 0. The third-order valence-corrected chi connectivity index (χ3v) is 0.963. The van der Waals surface area contributed by atoms with Gasteiger partial charge >= 0.3 is 6.16 Å². The third-order valence-electron chi connectivity index (χ3n) is 0.591. The van der Waals surface area contributed by atoms with Crippen LogP contribution in [0.5, 0.6) is 0 Å². The van der Waals surface area contributed by atoms with Crippen molar-refractivity contribution in [1.29, 1.82) is 0 Å². The number of halogens is 2. The van der Waals surface area contributed by atoms with Crippen LogP contribution in [0.25, 0.3) is 0 Å². The number of cyclic esters (lactones) is 2. The Morgan fingerprint density at radius 2 is 2.25 bits per heavy atom. The Kier molecular flexibility index (Phi) is 1.25. The Bertz CT molecular complexity index is 122. The summed E-state index contributed by atoms with van der Waals surface area (Å²) in [6.45, 7) is -0.102. The fourth-order valence-electron chi connectivity index (χ4n) is 0.324. The summed E-state index contributed by atoms with van der Waals surface area (Å²) in [4.78, 5) is 10.0. The van der Waals surface area contributed by atoms with Gasteiger partial charge in [-0.2, -0.15) is 0 Å². The van der Waals surface area contributed by atoms with Gasteiger partial charge in [-0.25, -0.2) is 4.79 Å². The minimum atomic E-state index is -1.46. The molecule has 0 bridgehead atoms. The molecule has 0 aromatic carbocycles. The maximum Gasteiger partial charge on any atom is 0.511 e. The smallest absolute Gasteiger partial charge is 0.427 e. The number of carbonyl (C=O) groups excluding carboxylic acids is 1. The van der Waals surface area contributed by atoms with Crippen LogP contribution in [0.15, 0.2) is 0 Å². The number of hydrogen-bond acceptors (Lipinski definition) is 3. The molecule has 0 unspecified atom stereocenters. The van der Waals surface area contributed by atoms with Crippen LogP contribution in [0, 0.1) is 0 Å². The van der Waals surface area contributed by atoms with Gasteiger partial charge in [0.15, 0.2) is 6.61 Å². The maximum atomic E-state index is 10.0. The lowest BCUT2D eigenvalue weighted by molar-refractivity contribution is 0.124. The molecule has 1 heterocycles. The summed E-state index contributed by atoms with van der Waals surface area (Å²) in [5.41, 5.74) is 0. The van der Waals surface area contributed by atoms with Gasteiger partial charge in [0.1, 0.15) is 0 Å². The molecule has 0 N–H and O–H groups in total. The van der Waals surface area contributed by atoms with E-state index in [4.69, 9.17) is 23.2 Å². The van der Waals surface area contributed by atoms with Crippen molar-refractivity contribution in [1.82, 2.24) is 0 Å². The minimum absolute atomic E-state index is 0.102. The minimum Gasteiger partial charge on any atom is -0.427 e. The fourth-order valence-corrected chi connectivity index (χ4v) is 0.559. The van der Waals surface area contributed by atoms with E-state index in [9.17, 15) is 4.79 Å². The highest BCUT2D eigenvalue weighted by atomic mass is 35.5. The van der Waals surface area contributed by atoms with Gasteiger partial charge in [0.25, 0.3) is 4.52 Å². The van der Waals surface area contributed by atoms with Gasteiger partial charge in [0.05, 0.1) is 0 Å². The Morgan fingerprint density at radius 1 is 1.62 bits per heavy atom. The monoisotopic (exact) mass is 156 g/mol. The van der Waals surface area contributed by atoms with Crippen molar-refractivity contribution >= 4 is 29.4 Å². The first-order chi connectivity index (χ1) is 3.60. The highest BCUT2D eigenvalue weighted by Gasteiger charge is 2.38. The molecule has 0 aliphatic carbocycles. The van der Waals surface area contributed by atoms with E-state index in [2.05, 4.69) is 9.47 Å². The average molecular weight is 157 g/mol. The molecule has 8 heavy (non-hydrogen) atoms. The van der Waals surface area contributed by atoms with E-state index < -0.39 is 10.7 Å². The first-order valence-corrected chi connectivity index (χ1v) is 2.59. The molecule has 0 aromatic heterocycles. The van der Waals surface area contributed by atoms with Gasteiger partial charge in [-0.15, -0.1) is 0 Å². The van der Waals surface area contributed by atoms with Crippen molar-refractivity contribution < 1.29 is 14.3 Å².